The SMILES string of the molecule is C/C=C(/C)C(=O)O[C@H]1[C@H](OC(C)=O)[C@]2(CO)[C@H](O)C[C@]3(C)C(=CC[C@@H]4[C@@]5(C)CC[C@H](O[C@@H]6O[C@H](C(=O)O)[C@@H](O)[C@H](O[C@@H]7OC[C@H](O)[C@H](O)[C@H]7O)[C@H]6O[C@@H]6O[C@H](CO)[C@H](O)[C@H](O)[C@H]6O)[C@@](C)(C=O)[C@@H]5CC[C@]43C)[C@@H]2CC1(C)C. The van der Waals surface area contributed by atoms with Crippen LogP contribution in [0.5, 0.6) is 0 Å². The number of aliphatic hydroxyl groups is 10. The van der Waals surface area contributed by atoms with Crippen molar-refractivity contribution in [2.24, 2.45) is 50.2 Å². The molecule has 0 radical (unpaired) electrons. The van der Waals surface area contributed by atoms with Crippen LogP contribution in [0, 0.1) is 50.2 Å². The van der Waals surface area contributed by atoms with Crippen LogP contribution in [0.25, 0.3) is 0 Å². The van der Waals surface area contributed by atoms with Gasteiger partial charge in [-0.2, -0.15) is 0 Å². The molecule has 7 fully saturated rings. The molecule has 77 heavy (non-hydrogen) atoms. The Labute approximate surface area is 447 Å². The predicted molar refractivity (Wildman–Crippen MR) is 262 cm³/mol. The Morgan fingerprint density at radius 1 is 0.740 bits per heavy atom. The van der Waals surface area contributed by atoms with Crippen LogP contribution >= 0.6 is 0 Å². The van der Waals surface area contributed by atoms with Gasteiger partial charge in [-0.3, -0.25) is 4.79 Å². The summed E-state index contributed by atoms with van der Waals surface area (Å²) < 4.78 is 48.3. The number of carbonyl (C=O) groups is 4. The summed E-state index contributed by atoms with van der Waals surface area (Å²) in [6, 6.07) is 0. The fourth-order valence-electron chi connectivity index (χ4n) is 15.8. The van der Waals surface area contributed by atoms with Crippen LogP contribution in [0.2, 0.25) is 0 Å². The first kappa shape index (κ1) is 60.0. The molecule has 5 aliphatic carbocycles. The van der Waals surface area contributed by atoms with Crippen molar-refractivity contribution in [3.05, 3.63) is 23.3 Å². The number of carboxylic acids is 1. The van der Waals surface area contributed by atoms with E-state index in [9.17, 15) is 75.3 Å². The summed E-state index contributed by atoms with van der Waals surface area (Å²) in [7, 11) is 0. The summed E-state index contributed by atoms with van der Waals surface area (Å²) in [4.78, 5) is 53.2. The molecule has 11 N–H and O–H groups in total. The van der Waals surface area contributed by atoms with Gasteiger partial charge in [-0.25, -0.2) is 9.59 Å². The predicted octanol–water partition coefficient (Wildman–Crippen LogP) is -0.475. The summed E-state index contributed by atoms with van der Waals surface area (Å²) in [6.45, 7) is 14.7. The highest BCUT2D eigenvalue weighted by molar-refractivity contribution is 5.87. The molecule has 8 aliphatic rings. The molecular formula is C54H82O23. The first-order valence-corrected chi connectivity index (χ1v) is 26.9. The number of aliphatic hydroxyl groups excluding tert-OH is 10. The molecule has 8 rings (SSSR count). The highest BCUT2D eigenvalue weighted by atomic mass is 16.8. The lowest BCUT2D eigenvalue weighted by Gasteiger charge is -2.72. The van der Waals surface area contributed by atoms with Crippen LogP contribution < -0.4 is 0 Å². The van der Waals surface area contributed by atoms with Crippen LogP contribution in [0.1, 0.15) is 107 Å². The largest absolute Gasteiger partial charge is 0.479 e. The maximum absolute atomic E-state index is 14.0. The lowest BCUT2D eigenvalue weighted by molar-refractivity contribution is -0.391. The van der Waals surface area contributed by atoms with Crippen LogP contribution in [-0.2, 0) is 57.1 Å². The summed E-state index contributed by atoms with van der Waals surface area (Å²) in [5.74, 6) is -4.02. The molecule has 436 valence electrons. The second-order valence-corrected chi connectivity index (χ2v) is 24.9. The standard InChI is InChI=1S/C54H82O23/c1-10-23(2)45(69)77-42-43(71-24(3)58)54(22-57)26(17-49(42,4)5)25-11-12-30-50(6)15-14-32(51(7,21-56)29(50)13-16-52(30,8)53(25,9)18-31(54)60)73-48-41(76-47-37(65)35(63)34(62)28(19-55)72-47)39(38(66)40(75-48)44(67)68)74-46-36(64)33(61)27(59)20-70-46/h10-11,21,26-43,46-48,55,57,59-66H,12-20,22H2,1-9H3,(H,67,68)/b23-10-/t26-,27-,28+,29+,30+,31+,32-,33-,34-,35-,36+,37+,38-,39-,40-,41+,42-,43-,46-,47-,48+,50-,51-,52+,53+,54-/m0/s1. The zero-order valence-electron chi connectivity index (χ0n) is 45.2. The minimum Gasteiger partial charge on any atom is -0.479 e. The van der Waals surface area contributed by atoms with E-state index in [2.05, 4.69) is 26.8 Å². The lowest BCUT2D eigenvalue weighted by Crippen LogP contribution is -2.72. The number of fused-ring (bicyclic) bond motifs is 7. The van der Waals surface area contributed by atoms with Gasteiger partial charge >= 0.3 is 17.9 Å². The molecule has 0 unspecified atom stereocenters. The van der Waals surface area contributed by atoms with E-state index >= 15 is 0 Å². The second-order valence-electron chi connectivity index (χ2n) is 24.9. The molecule has 0 spiro atoms. The Hall–Kier alpha value is -3.08. The average Bonchev–Trinajstić information content (AvgIpc) is 3.55. The molecule has 23 nitrogen and oxygen atoms in total. The number of rotatable bonds is 13. The summed E-state index contributed by atoms with van der Waals surface area (Å²) >= 11 is 0. The van der Waals surface area contributed by atoms with E-state index in [4.69, 9.17) is 37.9 Å². The van der Waals surface area contributed by atoms with E-state index in [-0.39, 0.29) is 18.8 Å². The van der Waals surface area contributed by atoms with Gasteiger partial charge in [0.2, 0.25) is 0 Å². The van der Waals surface area contributed by atoms with Crippen molar-refractivity contribution < 1.29 is 113 Å². The van der Waals surface area contributed by atoms with Crippen LogP contribution in [0.3, 0.4) is 0 Å². The zero-order chi connectivity index (χ0) is 56.9. The van der Waals surface area contributed by atoms with Crippen molar-refractivity contribution in [2.45, 2.75) is 218 Å². The third-order valence-electron chi connectivity index (χ3n) is 20.5. The average molecular weight is 1100 g/mol. The molecule has 0 aromatic rings. The normalized spacial score (nSPS) is 50.6. The van der Waals surface area contributed by atoms with Crippen LogP contribution in [0.15, 0.2) is 23.3 Å². The molecule has 0 aromatic carbocycles. The van der Waals surface area contributed by atoms with Gasteiger partial charge in [0, 0.05) is 17.9 Å². The van der Waals surface area contributed by atoms with Crippen molar-refractivity contribution in [1.29, 1.82) is 0 Å². The van der Waals surface area contributed by atoms with E-state index in [0.717, 1.165) is 11.9 Å². The second kappa shape index (κ2) is 21.7. The van der Waals surface area contributed by atoms with Gasteiger partial charge in [0.25, 0.3) is 0 Å². The van der Waals surface area contributed by atoms with E-state index in [1.807, 2.05) is 13.8 Å². The monoisotopic (exact) mass is 1100 g/mol. The van der Waals surface area contributed by atoms with Crippen molar-refractivity contribution in [3.8, 4) is 0 Å². The molecule has 3 aliphatic heterocycles. The Morgan fingerprint density at radius 2 is 1.40 bits per heavy atom. The zero-order valence-corrected chi connectivity index (χ0v) is 45.2. The molecule has 23 heteroatoms. The minimum absolute atomic E-state index is 0.122. The Morgan fingerprint density at radius 3 is 2.01 bits per heavy atom. The number of hydrogen-bond acceptors (Lipinski definition) is 22. The number of esters is 2. The van der Waals surface area contributed by atoms with Crippen LogP contribution in [-0.4, -0.2) is 211 Å². The maximum Gasteiger partial charge on any atom is 0.335 e. The smallest absolute Gasteiger partial charge is 0.335 e. The number of ether oxygens (including phenoxy) is 8. The maximum atomic E-state index is 14.0. The first-order valence-electron chi connectivity index (χ1n) is 26.9. The van der Waals surface area contributed by atoms with Gasteiger partial charge in [0.05, 0.1) is 42.9 Å². The van der Waals surface area contributed by atoms with E-state index in [0.29, 0.717) is 37.7 Å². The van der Waals surface area contributed by atoms with Crippen molar-refractivity contribution >= 4 is 24.2 Å². The molecule has 0 amide bonds. The van der Waals surface area contributed by atoms with E-state index in [1.54, 1.807) is 26.8 Å². The molecule has 3 saturated heterocycles. The van der Waals surface area contributed by atoms with E-state index in [1.165, 1.54) is 6.92 Å². The van der Waals surface area contributed by atoms with Gasteiger partial charge in [-0.1, -0.05) is 59.3 Å². The highest BCUT2D eigenvalue weighted by Gasteiger charge is 2.74. The molecule has 3 heterocycles. The molecule has 0 bridgehead atoms. The number of aldehydes is 1. The van der Waals surface area contributed by atoms with Gasteiger partial charge in [-0.15, -0.1) is 0 Å². The van der Waals surface area contributed by atoms with Crippen molar-refractivity contribution in [3.63, 3.8) is 0 Å². The molecule has 0 aromatic heterocycles. The molecule has 26 atom stereocenters. The number of allylic oxidation sites excluding steroid dienone is 3. The fraction of sp³-hybridized carbons (Fsp3) is 0.852. The Kier molecular flexibility index (Phi) is 16.9. The third kappa shape index (κ3) is 9.55. The number of carboxylic acid groups (broad SMARTS) is 1. The third-order valence-corrected chi connectivity index (χ3v) is 20.5. The van der Waals surface area contributed by atoms with Gasteiger partial charge < -0.3 is 98.9 Å². The Balaban J connectivity index is 1.13. The highest BCUT2D eigenvalue weighted by Crippen LogP contribution is 2.76. The number of aliphatic carboxylic acids is 1. The lowest BCUT2D eigenvalue weighted by atomic mass is 9.33. The summed E-state index contributed by atoms with van der Waals surface area (Å²) in [6.07, 6.45) is -23.7. The van der Waals surface area contributed by atoms with Gasteiger partial charge in [0.15, 0.2) is 25.0 Å². The van der Waals surface area contributed by atoms with Crippen molar-refractivity contribution in [2.75, 3.05) is 19.8 Å². The topological polar surface area (TPSA) is 365 Å². The van der Waals surface area contributed by atoms with E-state index < -0.39 is 192 Å². The number of hydrogen-bond donors (Lipinski definition) is 11. The Bertz CT molecular complexity index is 2270. The summed E-state index contributed by atoms with van der Waals surface area (Å²) in [5, 5.41) is 121. The fourth-order valence-corrected chi connectivity index (χ4v) is 15.8. The number of carbonyl (C=O) groups excluding carboxylic acids is 3. The molecule has 4 saturated carbocycles. The van der Waals surface area contributed by atoms with Gasteiger partial charge in [0.1, 0.15) is 79.5 Å². The quantitative estimate of drug-likeness (QED) is 0.0365. The van der Waals surface area contributed by atoms with Gasteiger partial charge in [-0.05, 0) is 92.8 Å². The molecular weight excluding hydrogens is 1020 g/mol. The minimum atomic E-state index is -2.17. The summed E-state index contributed by atoms with van der Waals surface area (Å²) in [5.41, 5.74) is -4.13. The van der Waals surface area contributed by atoms with Crippen LogP contribution in [0.4, 0.5) is 0 Å². The first-order chi connectivity index (χ1) is 36.0. The van der Waals surface area contributed by atoms with Crippen molar-refractivity contribution in [1.82, 2.24) is 0 Å².